The summed E-state index contributed by atoms with van der Waals surface area (Å²) < 4.78 is 59.2. The Morgan fingerprint density at radius 3 is 2.22 bits per heavy atom. The van der Waals surface area contributed by atoms with E-state index in [1.54, 1.807) is 30.3 Å². The number of ether oxygens (including phenoxy) is 1. The maximum Gasteiger partial charge on any atom is 0.205 e. The van der Waals surface area contributed by atoms with Crippen molar-refractivity contribution in [3.63, 3.8) is 0 Å². The van der Waals surface area contributed by atoms with E-state index in [1.165, 1.54) is 31.4 Å². The summed E-state index contributed by atoms with van der Waals surface area (Å²) >= 11 is 0. The van der Waals surface area contributed by atoms with Gasteiger partial charge in [0, 0.05) is 6.26 Å². The lowest BCUT2D eigenvalue weighted by molar-refractivity contribution is 0.232. The molecule has 6 heteroatoms. The van der Waals surface area contributed by atoms with Crippen molar-refractivity contribution < 1.29 is 21.9 Å². The first-order valence-electron chi connectivity index (χ1n) is 8.32. The van der Waals surface area contributed by atoms with E-state index in [0.29, 0.717) is 5.75 Å². The zero-order chi connectivity index (χ0) is 19.9. The van der Waals surface area contributed by atoms with Gasteiger partial charge in [0.1, 0.15) is 16.3 Å². The number of allylic oxidation sites excluding steroid dienone is 2. The fourth-order valence-corrected chi connectivity index (χ4v) is 4.45. The number of rotatable bonds is 4. The minimum Gasteiger partial charge on any atom is -0.496 e. The molecular formula is C21H20F2O3S. The Kier molecular flexibility index (Phi) is 4.72. The van der Waals surface area contributed by atoms with Crippen molar-refractivity contribution in [3.8, 4) is 5.75 Å². The summed E-state index contributed by atoms with van der Waals surface area (Å²) in [7, 11) is -2.40. The van der Waals surface area contributed by atoms with Gasteiger partial charge in [0.2, 0.25) is 5.67 Å². The van der Waals surface area contributed by atoms with Crippen LogP contribution in [0.4, 0.5) is 8.78 Å². The molecule has 1 aliphatic carbocycles. The second-order valence-electron chi connectivity index (χ2n) is 6.65. The predicted molar refractivity (Wildman–Crippen MR) is 102 cm³/mol. The van der Waals surface area contributed by atoms with Crippen molar-refractivity contribution in [1.82, 2.24) is 0 Å². The van der Waals surface area contributed by atoms with Crippen LogP contribution in [0.15, 0.2) is 72.6 Å². The fraction of sp³-hybridized carbons (Fsp3) is 0.238. The monoisotopic (exact) mass is 390 g/mol. The van der Waals surface area contributed by atoms with Crippen molar-refractivity contribution in [2.24, 2.45) is 0 Å². The summed E-state index contributed by atoms with van der Waals surface area (Å²) in [5.74, 6) is -0.695. The van der Waals surface area contributed by atoms with Crippen LogP contribution < -0.4 is 4.74 Å². The maximum atomic E-state index is 15.4. The van der Waals surface area contributed by atoms with Gasteiger partial charge in [0.15, 0.2) is 9.84 Å². The van der Waals surface area contributed by atoms with Gasteiger partial charge in [-0.15, -0.1) is 0 Å². The van der Waals surface area contributed by atoms with E-state index in [9.17, 15) is 8.42 Å². The molecule has 3 nitrogen and oxygen atoms in total. The highest BCUT2D eigenvalue weighted by Gasteiger charge is 2.48. The molecule has 27 heavy (non-hydrogen) atoms. The quantitative estimate of drug-likeness (QED) is 0.721. The molecule has 0 N–H and O–H groups in total. The maximum absolute atomic E-state index is 15.4. The SMILES string of the molecule is COc1cc(C2(S(C)(=O)=O)C=CC(F)(c3ccccc3)C(F)=C2)ccc1C. The normalized spacial score (nSPS) is 25.1. The fourth-order valence-electron chi connectivity index (χ4n) is 3.26. The molecule has 3 rings (SSSR count). The summed E-state index contributed by atoms with van der Waals surface area (Å²) in [5, 5.41) is 0. The number of hydrogen-bond donors (Lipinski definition) is 0. The van der Waals surface area contributed by atoms with Gasteiger partial charge in [-0.05, 0) is 41.8 Å². The van der Waals surface area contributed by atoms with Gasteiger partial charge >= 0.3 is 0 Å². The highest BCUT2D eigenvalue weighted by atomic mass is 32.2. The van der Waals surface area contributed by atoms with E-state index >= 15 is 8.78 Å². The summed E-state index contributed by atoms with van der Waals surface area (Å²) in [6, 6.07) is 12.6. The molecule has 0 spiro atoms. The number of hydrogen-bond acceptors (Lipinski definition) is 3. The van der Waals surface area contributed by atoms with Gasteiger partial charge in [-0.3, -0.25) is 0 Å². The number of sulfone groups is 1. The standard InChI is InChI=1S/C21H20F2O3S/c1-15-9-10-17(13-18(15)26-2)20(27(3,24)25)11-12-21(23,19(22)14-20)16-7-5-4-6-8-16/h4-14H,1-3H3. The van der Waals surface area contributed by atoms with Gasteiger partial charge in [-0.1, -0.05) is 48.5 Å². The second kappa shape index (κ2) is 6.60. The van der Waals surface area contributed by atoms with Crippen LogP contribution in [0, 0.1) is 6.92 Å². The lowest BCUT2D eigenvalue weighted by Gasteiger charge is -2.33. The van der Waals surface area contributed by atoms with Gasteiger partial charge in [-0.2, -0.15) is 0 Å². The molecule has 1 aliphatic rings. The summed E-state index contributed by atoms with van der Waals surface area (Å²) in [5.41, 5.74) is -1.32. The number of aryl methyl sites for hydroxylation is 1. The first-order chi connectivity index (χ1) is 12.6. The molecule has 2 aromatic carbocycles. The van der Waals surface area contributed by atoms with E-state index in [-0.39, 0.29) is 11.1 Å². The molecule has 0 bridgehead atoms. The number of alkyl halides is 1. The van der Waals surface area contributed by atoms with E-state index in [2.05, 4.69) is 0 Å². The second-order valence-corrected chi connectivity index (χ2v) is 8.87. The van der Waals surface area contributed by atoms with E-state index in [0.717, 1.165) is 24.0 Å². The molecule has 0 saturated heterocycles. The van der Waals surface area contributed by atoms with Gasteiger partial charge < -0.3 is 4.74 Å². The lowest BCUT2D eigenvalue weighted by atomic mass is 9.83. The molecule has 0 radical (unpaired) electrons. The van der Waals surface area contributed by atoms with E-state index in [4.69, 9.17) is 4.74 Å². The van der Waals surface area contributed by atoms with Crippen LogP contribution in [0.1, 0.15) is 16.7 Å². The van der Waals surface area contributed by atoms with Gasteiger partial charge in [0.25, 0.3) is 0 Å². The molecule has 2 atom stereocenters. The van der Waals surface area contributed by atoms with Crippen molar-refractivity contribution >= 4 is 9.84 Å². The molecule has 0 saturated carbocycles. The molecular weight excluding hydrogens is 370 g/mol. The van der Waals surface area contributed by atoms with Crippen LogP contribution in [0.2, 0.25) is 0 Å². The van der Waals surface area contributed by atoms with Crippen LogP contribution in [0.25, 0.3) is 0 Å². The zero-order valence-corrected chi connectivity index (χ0v) is 16.1. The number of methoxy groups -OCH3 is 1. The Hall–Kier alpha value is -2.47. The molecule has 0 amide bonds. The number of halogens is 2. The molecule has 0 fully saturated rings. The lowest BCUT2D eigenvalue weighted by Crippen LogP contribution is -2.36. The Morgan fingerprint density at radius 1 is 1.00 bits per heavy atom. The smallest absolute Gasteiger partial charge is 0.205 e. The largest absolute Gasteiger partial charge is 0.496 e. The summed E-state index contributed by atoms with van der Waals surface area (Å²) in [4.78, 5) is 0. The Morgan fingerprint density at radius 2 is 1.67 bits per heavy atom. The van der Waals surface area contributed by atoms with Crippen LogP contribution in [-0.4, -0.2) is 21.8 Å². The summed E-state index contributed by atoms with van der Waals surface area (Å²) in [6.07, 6.45) is 4.04. The highest BCUT2D eigenvalue weighted by Crippen LogP contribution is 2.47. The molecule has 0 aliphatic heterocycles. The third-order valence-electron chi connectivity index (χ3n) is 4.92. The predicted octanol–water partition coefficient (Wildman–Crippen LogP) is 4.53. The average molecular weight is 390 g/mol. The Bertz CT molecular complexity index is 1030. The van der Waals surface area contributed by atoms with Gasteiger partial charge in [-0.25, -0.2) is 17.2 Å². The van der Waals surface area contributed by atoms with Crippen LogP contribution in [0.5, 0.6) is 5.75 Å². The topological polar surface area (TPSA) is 43.4 Å². The van der Waals surface area contributed by atoms with Crippen LogP contribution in [0.3, 0.4) is 0 Å². The molecule has 2 aromatic rings. The minimum atomic E-state index is -3.87. The third-order valence-corrected chi connectivity index (χ3v) is 6.63. The van der Waals surface area contributed by atoms with Crippen LogP contribution >= 0.6 is 0 Å². The zero-order valence-electron chi connectivity index (χ0n) is 15.2. The Balaban J connectivity index is 2.21. The Labute approximate surface area is 157 Å². The minimum absolute atomic E-state index is 0.0959. The first-order valence-corrected chi connectivity index (χ1v) is 10.2. The van der Waals surface area contributed by atoms with Gasteiger partial charge in [0.05, 0.1) is 7.11 Å². The summed E-state index contributed by atoms with van der Waals surface area (Å²) in [6.45, 7) is 1.81. The average Bonchev–Trinajstić information content (AvgIpc) is 2.64. The molecule has 0 aromatic heterocycles. The highest BCUT2D eigenvalue weighted by molar-refractivity contribution is 7.92. The van der Waals surface area contributed by atoms with Crippen molar-refractivity contribution in [3.05, 3.63) is 89.3 Å². The van der Waals surface area contributed by atoms with Crippen molar-refractivity contribution in [1.29, 1.82) is 0 Å². The van der Waals surface area contributed by atoms with Crippen LogP contribution in [-0.2, 0) is 20.3 Å². The number of benzene rings is 2. The molecule has 2 unspecified atom stereocenters. The van der Waals surface area contributed by atoms with E-state index in [1.807, 2.05) is 6.92 Å². The first kappa shape index (κ1) is 19.3. The van der Waals surface area contributed by atoms with Crippen molar-refractivity contribution in [2.45, 2.75) is 17.3 Å². The third kappa shape index (κ3) is 3.08. The molecule has 0 heterocycles. The van der Waals surface area contributed by atoms with E-state index < -0.39 is 26.1 Å². The molecule has 142 valence electrons. The van der Waals surface area contributed by atoms with Crippen molar-refractivity contribution in [2.75, 3.05) is 13.4 Å².